The van der Waals surface area contributed by atoms with E-state index in [4.69, 9.17) is 21.0 Å². The number of hydrogen-bond acceptors (Lipinski definition) is 5. The average Bonchev–Trinajstić information content (AvgIpc) is 2.25. The van der Waals surface area contributed by atoms with Crippen molar-refractivity contribution >= 4 is 46.3 Å². The van der Waals surface area contributed by atoms with E-state index in [1.54, 1.807) is 0 Å². The highest BCUT2D eigenvalue weighted by molar-refractivity contribution is 8.13. The van der Waals surface area contributed by atoms with Gasteiger partial charge < -0.3 is 5.73 Å². The number of hydrogen-bond donors (Lipinski definition) is 2. The standard InChI is InChI=1S/C10H8ClNO5S2/c11-18(13,14)7-2-3-8-6(5-7)1-4-9(12)10(8)19(15,16)17/h1-5H,12H2,(H,15,16,17). The van der Waals surface area contributed by atoms with Gasteiger partial charge in [-0.25, -0.2) is 8.42 Å². The van der Waals surface area contributed by atoms with Crippen molar-refractivity contribution in [2.75, 3.05) is 5.73 Å². The van der Waals surface area contributed by atoms with E-state index >= 15 is 0 Å². The highest BCUT2D eigenvalue weighted by atomic mass is 35.7. The second kappa shape index (κ2) is 4.34. The summed E-state index contributed by atoms with van der Waals surface area (Å²) in [5, 5.41) is 0.398. The molecule has 0 atom stereocenters. The molecule has 0 bridgehead atoms. The third-order valence-corrected chi connectivity index (χ3v) is 4.83. The van der Waals surface area contributed by atoms with Crippen LogP contribution in [0.15, 0.2) is 40.1 Å². The number of fused-ring (bicyclic) bond motifs is 1. The number of rotatable bonds is 2. The van der Waals surface area contributed by atoms with Gasteiger partial charge in [0.2, 0.25) is 0 Å². The molecule has 0 unspecified atom stereocenters. The highest BCUT2D eigenvalue weighted by Gasteiger charge is 2.19. The van der Waals surface area contributed by atoms with E-state index in [1.807, 2.05) is 0 Å². The van der Waals surface area contributed by atoms with E-state index < -0.39 is 24.1 Å². The normalized spacial score (nSPS) is 12.7. The molecule has 0 amide bonds. The lowest BCUT2D eigenvalue weighted by Crippen LogP contribution is -2.04. The van der Waals surface area contributed by atoms with Crippen molar-refractivity contribution in [3.8, 4) is 0 Å². The van der Waals surface area contributed by atoms with Crippen molar-refractivity contribution in [2.24, 2.45) is 0 Å². The van der Waals surface area contributed by atoms with Gasteiger partial charge in [0.15, 0.2) is 0 Å². The summed E-state index contributed by atoms with van der Waals surface area (Å²) in [7, 11) is -3.24. The molecule has 2 aromatic carbocycles. The first-order valence-corrected chi connectivity index (χ1v) is 8.60. The van der Waals surface area contributed by atoms with E-state index in [-0.39, 0.29) is 21.4 Å². The molecular weight excluding hydrogens is 314 g/mol. The van der Waals surface area contributed by atoms with Gasteiger partial charge in [-0.15, -0.1) is 0 Å². The fourth-order valence-corrected chi connectivity index (χ4v) is 3.35. The fraction of sp³-hybridized carbons (Fsp3) is 0. The van der Waals surface area contributed by atoms with Gasteiger partial charge >= 0.3 is 0 Å². The largest absolute Gasteiger partial charge is 0.398 e. The maximum absolute atomic E-state index is 11.3. The number of halogens is 1. The van der Waals surface area contributed by atoms with E-state index in [1.165, 1.54) is 24.3 Å². The van der Waals surface area contributed by atoms with Gasteiger partial charge in [0, 0.05) is 16.1 Å². The fourth-order valence-electron chi connectivity index (χ4n) is 1.74. The lowest BCUT2D eigenvalue weighted by atomic mass is 10.1. The van der Waals surface area contributed by atoms with E-state index in [0.29, 0.717) is 0 Å². The van der Waals surface area contributed by atoms with Crippen LogP contribution in [0.2, 0.25) is 0 Å². The summed E-state index contributed by atoms with van der Waals surface area (Å²) in [6.45, 7) is 0. The van der Waals surface area contributed by atoms with Crippen molar-refractivity contribution in [3.05, 3.63) is 30.3 Å². The highest BCUT2D eigenvalue weighted by Crippen LogP contribution is 2.30. The Morgan fingerprint density at radius 2 is 1.68 bits per heavy atom. The molecular formula is C10H8ClNO5S2. The molecule has 2 aromatic rings. The summed E-state index contributed by atoms with van der Waals surface area (Å²) in [5.74, 6) is 0. The van der Waals surface area contributed by atoms with Crippen LogP contribution in [0, 0.1) is 0 Å². The Hall–Kier alpha value is -1.35. The monoisotopic (exact) mass is 321 g/mol. The molecule has 6 nitrogen and oxygen atoms in total. The molecule has 2 rings (SSSR count). The predicted molar refractivity (Wildman–Crippen MR) is 71.2 cm³/mol. The van der Waals surface area contributed by atoms with Gasteiger partial charge in [-0.1, -0.05) is 12.1 Å². The van der Waals surface area contributed by atoms with Crippen LogP contribution < -0.4 is 5.73 Å². The molecule has 19 heavy (non-hydrogen) atoms. The van der Waals surface area contributed by atoms with Crippen molar-refractivity contribution in [3.63, 3.8) is 0 Å². The Morgan fingerprint density at radius 1 is 1.05 bits per heavy atom. The number of benzene rings is 2. The average molecular weight is 322 g/mol. The second-order valence-corrected chi connectivity index (χ2v) is 7.70. The van der Waals surface area contributed by atoms with E-state index in [9.17, 15) is 16.8 Å². The van der Waals surface area contributed by atoms with Crippen LogP contribution in [0.25, 0.3) is 10.8 Å². The predicted octanol–water partition coefficient (Wildman–Crippen LogP) is 1.60. The molecule has 0 aliphatic carbocycles. The molecule has 0 aromatic heterocycles. The van der Waals surface area contributed by atoms with Gasteiger partial charge in [0.05, 0.1) is 10.6 Å². The summed E-state index contributed by atoms with van der Waals surface area (Å²) in [6, 6.07) is 6.26. The van der Waals surface area contributed by atoms with Crippen LogP contribution in [-0.2, 0) is 19.2 Å². The summed E-state index contributed by atoms with van der Waals surface area (Å²) in [6.07, 6.45) is 0. The number of anilines is 1. The van der Waals surface area contributed by atoms with Crippen molar-refractivity contribution in [1.29, 1.82) is 0 Å². The maximum atomic E-state index is 11.3. The minimum Gasteiger partial charge on any atom is -0.398 e. The van der Waals surface area contributed by atoms with Crippen LogP contribution in [0.4, 0.5) is 5.69 Å². The Kier molecular flexibility index (Phi) is 3.21. The van der Waals surface area contributed by atoms with Gasteiger partial charge in [-0.2, -0.15) is 8.42 Å². The van der Waals surface area contributed by atoms with E-state index in [2.05, 4.69) is 0 Å². The molecule has 0 heterocycles. The van der Waals surface area contributed by atoms with Crippen molar-refractivity contribution in [1.82, 2.24) is 0 Å². The lowest BCUT2D eigenvalue weighted by Gasteiger charge is -2.08. The maximum Gasteiger partial charge on any atom is 0.297 e. The van der Waals surface area contributed by atoms with Crippen LogP contribution in [0.1, 0.15) is 0 Å². The molecule has 0 fully saturated rings. The van der Waals surface area contributed by atoms with Gasteiger partial charge in [0.1, 0.15) is 4.90 Å². The zero-order valence-electron chi connectivity index (χ0n) is 9.24. The van der Waals surface area contributed by atoms with Crippen LogP contribution in [-0.4, -0.2) is 21.4 Å². The van der Waals surface area contributed by atoms with Gasteiger partial charge in [-0.3, -0.25) is 4.55 Å². The SMILES string of the molecule is Nc1ccc2cc(S(=O)(=O)Cl)ccc2c1S(=O)(=O)O. The molecule has 0 aliphatic rings. The molecule has 0 radical (unpaired) electrons. The molecule has 0 aliphatic heterocycles. The summed E-state index contributed by atoms with van der Waals surface area (Å²) in [4.78, 5) is -0.628. The molecule has 102 valence electrons. The molecule has 0 saturated heterocycles. The molecule has 9 heteroatoms. The quantitative estimate of drug-likeness (QED) is 0.493. The van der Waals surface area contributed by atoms with E-state index in [0.717, 1.165) is 6.07 Å². The minimum atomic E-state index is -4.52. The third kappa shape index (κ3) is 2.66. The Morgan fingerprint density at radius 3 is 2.21 bits per heavy atom. The smallest absolute Gasteiger partial charge is 0.297 e. The first kappa shape index (κ1) is 14.1. The minimum absolute atomic E-state index is 0.117. The number of nitrogen functional groups attached to an aromatic ring is 1. The molecule has 0 saturated carbocycles. The lowest BCUT2D eigenvalue weighted by molar-refractivity contribution is 0.484. The summed E-state index contributed by atoms with van der Waals surface area (Å²) >= 11 is 0. The van der Waals surface area contributed by atoms with Crippen LogP contribution >= 0.6 is 10.7 Å². The third-order valence-electron chi connectivity index (χ3n) is 2.51. The Bertz CT molecular complexity index is 874. The first-order valence-electron chi connectivity index (χ1n) is 4.85. The summed E-state index contributed by atoms with van der Waals surface area (Å²) < 4.78 is 54.1. The van der Waals surface area contributed by atoms with Crippen molar-refractivity contribution < 1.29 is 21.4 Å². The molecule has 3 N–H and O–H groups in total. The van der Waals surface area contributed by atoms with Gasteiger partial charge in [0.25, 0.3) is 19.2 Å². The molecule has 0 spiro atoms. The van der Waals surface area contributed by atoms with Crippen molar-refractivity contribution in [2.45, 2.75) is 9.79 Å². The van der Waals surface area contributed by atoms with Gasteiger partial charge in [-0.05, 0) is 23.6 Å². The first-order chi connectivity index (χ1) is 8.60. The van der Waals surface area contributed by atoms with Crippen LogP contribution in [0.5, 0.6) is 0 Å². The Labute approximate surface area is 114 Å². The summed E-state index contributed by atoms with van der Waals surface area (Å²) in [5.41, 5.74) is 5.38. The zero-order valence-corrected chi connectivity index (χ0v) is 11.6. The Balaban J connectivity index is 2.91. The number of nitrogens with two attached hydrogens (primary N) is 1. The zero-order chi connectivity index (χ0) is 14.4. The second-order valence-electron chi connectivity index (χ2n) is 3.78. The van der Waals surface area contributed by atoms with Crippen LogP contribution in [0.3, 0.4) is 0 Å². The topological polar surface area (TPSA) is 115 Å².